The molecule has 1 aliphatic heterocycles. The highest BCUT2D eigenvalue weighted by molar-refractivity contribution is 5.51. The second kappa shape index (κ2) is 6.91. The summed E-state index contributed by atoms with van der Waals surface area (Å²) < 4.78 is 26.5. The van der Waals surface area contributed by atoms with Crippen molar-refractivity contribution in [1.82, 2.24) is 14.5 Å². The van der Waals surface area contributed by atoms with Crippen LogP contribution in [-0.4, -0.2) is 45.6 Å². The monoisotopic (exact) mass is 337 g/mol. The lowest BCUT2D eigenvalue weighted by Crippen LogP contribution is -2.46. The fourth-order valence-electron chi connectivity index (χ4n) is 2.79. The van der Waals surface area contributed by atoms with Gasteiger partial charge in [0.1, 0.15) is 5.82 Å². The number of non-ortho nitro benzene ring substituents is 1. The number of halogens is 2. The number of anilines is 1. The fourth-order valence-corrected chi connectivity index (χ4v) is 2.79. The molecule has 3 rings (SSSR count). The van der Waals surface area contributed by atoms with Gasteiger partial charge in [-0.1, -0.05) is 0 Å². The third-order valence-corrected chi connectivity index (χ3v) is 4.12. The molecule has 2 aromatic rings. The van der Waals surface area contributed by atoms with Gasteiger partial charge in [-0.25, -0.2) is 4.98 Å². The Morgan fingerprint density at radius 3 is 2.42 bits per heavy atom. The zero-order valence-electron chi connectivity index (χ0n) is 12.9. The average Bonchev–Trinajstić information content (AvgIpc) is 3.04. The van der Waals surface area contributed by atoms with Crippen LogP contribution in [0.3, 0.4) is 0 Å². The van der Waals surface area contributed by atoms with E-state index in [1.165, 1.54) is 24.5 Å². The zero-order chi connectivity index (χ0) is 17.1. The van der Waals surface area contributed by atoms with Gasteiger partial charge in [0.15, 0.2) is 0 Å². The molecule has 1 aromatic heterocycles. The molecule has 0 atom stereocenters. The van der Waals surface area contributed by atoms with Crippen molar-refractivity contribution in [3.05, 3.63) is 52.6 Å². The minimum atomic E-state index is -2.58. The van der Waals surface area contributed by atoms with Crippen LogP contribution in [0.2, 0.25) is 0 Å². The van der Waals surface area contributed by atoms with E-state index < -0.39 is 11.5 Å². The maximum atomic E-state index is 12.8. The molecule has 1 aliphatic rings. The van der Waals surface area contributed by atoms with Gasteiger partial charge in [0.05, 0.1) is 11.5 Å². The van der Waals surface area contributed by atoms with Crippen LogP contribution < -0.4 is 4.90 Å². The van der Waals surface area contributed by atoms with Crippen molar-refractivity contribution in [1.29, 1.82) is 0 Å². The molecule has 1 saturated heterocycles. The first-order valence-corrected chi connectivity index (χ1v) is 7.56. The van der Waals surface area contributed by atoms with Crippen LogP contribution in [-0.2, 0) is 6.54 Å². The predicted octanol–water partition coefficient (Wildman–Crippen LogP) is 2.51. The highest BCUT2D eigenvalue weighted by Crippen LogP contribution is 2.21. The van der Waals surface area contributed by atoms with Crippen LogP contribution in [0.1, 0.15) is 12.4 Å². The molecule has 2 heterocycles. The summed E-state index contributed by atoms with van der Waals surface area (Å²) >= 11 is 0. The molecule has 7 nitrogen and oxygen atoms in total. The Labute approximate surface area is 137 Å². The smallest absolute Gasteiger partial charge is 0.319 e. The number of hydrogen-bond donors (Lipinski definition) is 0. The number of aromatic nitrogens is 2. The van der Waals surface area contributed by atoms with Crippen LogP contribution in [0.5, 0.6) is 0 Å². The van der Waals surface area contributed by atoms with E-state index in [1.54, 1.807) is 12.1 Å². The van der Waals surface area contributed by atoms with E-state index in [4.69, 9.17) is 0 Å². The van der Waals surface area contributed by atoms with Crippen molar-refractivity contribution in [3.8, 4) is 0 Å². The van der Waals surface area contributed by atoms with Crippen molar-refractivity contribution in [3.63, 3.8) is 0 Å². The van der Waals surface area contributed by atoms with Crippen LogP contribution in [0.4, 0.5) is 20.2 Å². The Balaban J connectivity index is 1.57. The molecule has 1 fully saturated rings. The quantitative estimate of drug-likeness (QED) is 0.619. The summed E-state index contributed by atoms with van der Waals surface area (Å²) in [5.74, 6) is 0.355. The molecule has 0 amide bonds. The molecule has 0 saturated carbocycles. The van der Waals surface area contributed by atoms with Gasteiger partial charge in [0.25, 0.3) is 5.69 Å². The molecule has 0 radical (unpaired) electrons. The predicted molar refractivity (Wildman–Crippen MR) is 84.1 cm³/mol. The van der Waals surface area contributed by atoms with Crippen LogP contribution in [0.25, 0.3) is 0 Å². The van der Waals surface area contributed by atoms with E-state index in [0.29, 0.717) is 25.5 Å². The van der Waals surface area contributed by atoms with E-state index in [-0.39, 0.29) is 5.69 Å². The molecule has 0 aliphatic carbocycles. The van der Waals surface area contributed by atoms with Gasteiger partial charge in [-0.2, -0.15) is 8.78 Å². The number of hydrogen-bond acceptors (Lipinski definition) is 5. The Morgan fingerprint density at radius 2 is 1.83 bits per heavy atom. The molecule has 128 valence electrons. The largest absolute Gasteiger partial charge is 0.369 e. The summed E-state index contributed by atoms with van der Waals surface area (Å²) in [6, 6.07) is 6.44. The standard InChI is InChI=1S/C15H17F2N5O2/c16-15(17)21-6-5-18-14(21)11-19-7-9-20(10-8-19)12-1-3-13(4-2-12)22(23)24/h1-6,15H,7-11H2. The lowest BCUT2D eigenvalue weighted by molar-refractivity contribution is -0.384. The van der Waals surface area contributed by atoms with Gasteiger partial charge < -0.3 is 4.90 Å². The highest BCUT2D eigenvalue weighted by Gasteiger charge is 2.20. The Morgan fingerprint density at radius 1 is 1.17 bits per heavy atom. The maximum Gasteiger partial charge on any atom is 0.319 e. The minimum absolute atomic E-state index is 0.0659. The molecule has 0 N–H and O–H groups in total. The Hall–Kier alpha value is -2.55. The van der Waals surface area contributed by atoms with Gasteiger partial charge in [-0.15, -0.1) is 0 Å². The van der Waals surface area contributed by atoms with Gasteiger partial charge in [-0.05, 0) is 12.1 Å². The second-order valence-corrected chi connectivity index (χ2v) is 5.57. The number of alkyl halides is 2. The van der Waals surface area contributed by atoms with Crippen molar-refractivity contribution in [2.45, 2.75) is 13.1 Å². The lowest BCUT2D eigenvalue weighted by atomic mass is 10.2. The summed E-state index contributed by atoms with van der Waals surface area (Å²) in [6.45, 7) is 0.690. The first kappa shape index (κ1) is 16.3. The number of nitrogens with zero attached hydrogens (tertiary/aromatic N) is 5. The highest BCUT2D eigenvalue weighted by atomic mass is 19.3. The zero-order valence-corrected chi connectivity index (χ0v) is 12.9. The first-order chi connectivity index (χ1) is 11.5. The van der Waals surface area contributed by atoms with Crippen LogP contribution >= 0.6 is 0 Å². The number of piperazine rings is 1. The molecule has 0 spiro atoms. The lowest BCUT2D eigenvalue weighted by Gasteiger charge is -2.35. The number of nitro benzene ring substituents is 1. The van der Waals surface area contributed by atoms with Crippen LogP contribution in [0.15, 0.2) is 36.7 Å². The molecule has 0 bridgehead atoms. The van der Waals surface area contributed by atoms with Gasteiger partial charge >= 0.3 is 6.55 Å². The van der Waals surface area contributed by atoms with Crippen LogP contribution in [0, 0.1) is 10.1 Å². The van der Waals surface area contributed by atoms with E-state index in [0.717, 1.165) is 23.3 Å². The molecule has 9 heteroatoms. The molecule has 1 aromatic carbocycles. The third-order valence-electron chi connectivity index (χ3n) is 4.12. The first-order valence-electron chi connectivity index (χ1n) is 7.56. The van der Waals surface area contributed by atoms with Gasteiger partial charge in [-0.3, -0.25) is 19.6 Å². The Bertz CT molecular complexity index is 696. The summed E-state index contributed by atoms with van der Waals surface area (Å²) in [5.41, 5.74) is 0.991. The van der Waals surface area contributed by atoms with Gasteiger partial charge in [0, 0.05) is 56.4 Å². The van der Waals surface area contributed by atoms with E-state index in [9.17, 15) is 18.9 Å². The topological polar surface area (TPSA) is 67.4 Å². The summed E-state index contributed by atoms with van der Waals surface area (Å²) in [5, 5.41) is 10.7. The Kier molecular flexibility index (Phi) is 4.70. The molecular weight excluding hydrogens is 320 g/mol. The number of rotatable bonds is 5. The van der Waals surface area contributed by atoms with E-state index in [2.05, 4.69) is 14.8 Å². The summed E-state index contributed by atoms with van der Waals surface area (Å²) in [4.78, 5) is 18.5. The SMILES string of the molecule is O=[N+]([O-])c1ccc(N2CCN(Cc3nccn3C(F)F)CC2)cc1. The average molecular weight is 337 g/mol. The van der Waals surface area contributed by atoms with Crippen molar-refractivity contribution in [2.24, 2.45) is 0 Å². The normalized spacial score (nSPS) is 15.9. The third kappa shape index (κ3) is 3.51. The van der Waals surface area contributed by atoms with Gasteiger partial charge in [0.2, 0.25) is 0 Å². The summed E-state index contributed by atoms with van der Waals surface area (Å²) in [6.07, 6.45) is 2.67. The second-order valence-electron chi connectivity index (χ2n) is 5.57. The number of imidazole rings is 1. The van der Waals surface area contributed by atoms with Crippen molar-refractivity contribution < 1.29 is 13.7 Å². The number of benzene rings is 1. The van der Waals surface area contributed by atoms with Crippen molar-refractivity contribution >= 4 is 11.4 Å². The maximum absolute atomic E-state index is 12.8. The van der Waals surface area contributed by atoms with Crippen molar-refractivity contribution in [2.75, 3.05) is 31.1 Å². The molecule has 0 unspecified atom stereocenters. The fraction of sp³-hybridized carbons (Fsp3) is 0.400. The minimum Gasteiger partial charge on any atom is -0.369 e. The molecular formula is C15H17F2N5O2. The summed E-state index contributed by atoms with van der Waals surface area (Å²) in [7, 11) is 0. The number of nitro groups is 1. The molecule has 24 heavy (non-hydrogen) atoms. The van der Waals surface area contributed by atoms with E-state index in [1.807, 2.05) is 0 Å². The van der Waals surface area contributed by atoms with E-state index >= 15 is 0 Å².